The van der Waals surface area contributed by atoms with Crippen LogP contribution in [0.2, 0.25) is 0 Å². The summed E-state index contributed by atoms with van der Waals surface area (Å²) in [6.45, 7) is 4.80. The predicted molar refractivity (Wildman–Crippen MR) is 90.5 cm³/mol. The van der Waals surface area contributed by atoms with Gasteiger partial charge < -0.3 is 9.64 Å². The molecule has 1 amide bonds. The van der Waals surface area contributed by atoms with Crippen molar-refractivity contribution in [3.8, 4) is 5.75 Å². The van der Waals surface area contributed by atoms with E-state index in [-0.39, 0.29) is 11.9 Å². The number of aromatic nitrogens is 1. The summed E-state index contributed by atoms with van der Waals surface area (Å²) in [6, 6.07) is 8.31. The highest BCUT2D eigenvalue weighted by Crippen LogP contribution is 2.28. The second kappa shape index (κ2) is 7.10. The smallest absolute Gasteiger partial charge is 0.219 e. The lowest BCUT2D eigenvalue weighted by Crippen LogP contribution is -2.49. The normalized spacial score (nSPS) is 18.9. The fourth-order valence-electron chi connectivity index (χ4n) is 2.94. The van der Waals surface area contributed by atoms with Gasteiger partial charge in [0.1, 0.15) is 10.8 Å². The van der Waals surface area contributed by atoms with Gasteiger partial charge in [-0.15, -0.1) is 11.3 Å². The summed E-state index contributed by atoms with van der Waals surface area (Å²) in [5, 5.41) is 3.11. The number of methoxy groups -OCH3 is 1. The quantitative estimate of drug-likeness (QED) is 0.864. The molecule has 0 aliphatic carbocycles. The molecule has 3 rings (SSSR count). The minimum absolute atomic E-state index is 0.136. The summed E-state index contributed by atoms with van der Waals surface area (Å²) in [5.74, 6) is 0.983. The molecule has 0 bridgehead atoms. The first-order chi connectivity index (χ1) is 11.2. The Hall–Kier alpha value is -1.92. The van der Waals surface area contributed by atoms with Gasteiger partial charge in [-0.1, -0.05) is 12.1 Å². The molecule has 0 spiro atoms. The first-order valence-electron chi connectivity index (χ1n) is 7.69. The molecule has 0 saturated carbocycles. The standard InChI is InChI=1S/C17H21N3O2S/c1-13(21)19-8-9-20(12-17-18-7-10-23-17)16(11-19)14-3-5-15(22-2)6-4-14/h3-7,10,16H,8-9,11-12H2,1-2H3. The molecule has 1 aliphatic rings. The Morgan fingerprint density at radius 1 is 1.35 bits per heavy atom. The molecule has 1 fully saturated rings. The van der Waals surface area contributed by atoms with Crippen LogP contribution in [0, 0.1) is 0 Å². The summed E-state index contributed by atoms with van der Waals surface area (Å²) in [5.41, 5.74) is 1.20. The zero-order valence-electron chi connectivity index (χ0n) is 13.4. The second-order valence-corrected chi connectivity index (χ2v) is 6.63. The van der Waals surface area contributed by atoms with Crippen LogP contribution >= 0.6 is 11.3 Å². The zero-order chi connectivity index (χ0) is 16.2. The number of amides is 1. The largest absolute Gasteiger partial charge is 0.497 e. The van der Waals surface area contributed by atoms with Gasteiger partial charge >= 0.3 is 0 Å². The van der Waals surface area contributed by atoms with Crippen molar-refractivity contribution < 1.29 is 9.53 Å². The van der Waals surface area contributed by atoms with Crippen molar-refractivity contribution in [1.29, 1.82) is 0 Å². The van der Waals surface area contributed by atoms with Crippen LogP contribution in [0.3, 0.4) is 0 Å². The van der Waals surface area contributed by atoms with Crippen molar-refractivity contribution in [3.05, 3.63) is 46.4 Å². The molecule has 1 aromatic carbocycles. The fraction of sp³-hybridized carbons (Fsp3) is 0.412. The molecular formula is C17H21N3O2S. The number of piperazine rings is 1. The maximum absolute atomic E-state index is 11.8. The first-order valence-corrected chi connectivity index (χ1v) is 8.57. The highest BCUT2D eigenvalue weighted by Gasteiger charge is 2.29. The van der Waals surface area contributed by atoms with Crippen molar-refractivity contribution >= 4 is 17.2 Å². The highest BCUT2D eigenvalue weighted by molar-refractivity contribution is 7.09. The third kappa shape index (κ3) is 3.71. The molecule has 1 aromatic heterocycles. The molecule has 0 radical (unpaired) electrons. The molecule has 6 heteroatoms. The van der Waals surface area contributed by atoms with Crippen LogP contribution in [0.1, 0.15) is 23.5 Å². The molecular weight excluding hydrogens is 310 g/mol. The van der Waals surface area contributed by atoms with Crippen molar-refractivity contribution in [2.75, 3.05) is 26.7 Å². The molecule has 1 atom stereocenters. The fourth-order valence-corrected chi connectivity index (χ4v) is 3.58. The minimum Gasteiger partial charge on any atom is -0.497 e. The van der Waals surface area contributed by atoms with E-state index >= 15 is 0 Å². The molecule has 0 N–H and O–H groups in total. The molecule has 2 aromatic rings. The Bertz CT molecular complexity index is 642. The molecule has 1 unspecified atom stereocenters. The van der Waals surface area contributed by atoms with Gasteiger partial charge in [0.05, 0.1) is 19.7 Å². The van der Waals surface area contributed by atoms with Gasteiger partial charge in [-0.2, -0.15) is 0 Å². The molecule has 23 heavy (non-hydrogen) atoms. The van der Waals surface area contributed by atoms with E-state index in [1.54, 1.807) is 25.4 Å². The Kier molecular flexibility index (Phi) is 4.93. The van der Waals surface area contributed by atoms with Crippen molar-refractivity contribution in [2.24, 2.45) is 0 Å². The summed E-state index contributed by atoms with van der Waals surface area (Å²) >= 11 is 1.67. The van der Waals surface area contributed by atoms with E-state index < -0.39 is 0 Å². The molecule has 2 heterocycles. The lowest BCUT2D eigenvalue weighted by molar-refractivity contribution is -0.132. The molecule has 1 saturated heterocycles. The summed E-state index contributed by atoms with van der Waals surface area (Å²) in [4.78, 5) is 20.5. The molecule has 1 aliphatic heterocycles. The zero-order valence-corrected chi connectivity index (χ0v) is 14.3. The van der Waals surface area contributed by atoms with Crippen molar-refractivity contribution in [3.63, 3.8) is 0 Å². The van der Waals surface area contributed by atoms with Crippen LogP contribution in [-0.2, 0) is 11.3 Å². The van der Waals surface area contributed by atoms with Crippen LogP contribution in [0.25, 0.3) is 0 Å². The summed E-state index contributed by atoms with van der Waals surface area (Å²) in [6.07, 6.45) is 1.84. The topological polar surface area (TPSA) is 45.7 Å². The van der Waals surface area contributed by atoms with E-state index in [2.05, 4.69) is 22.0 Å². The van der Waals surface area contributed by atoms with Gasteiger partial charge in [-0.25, -0.2) is 4.98 Å². The first kappa shape index (κ1) is 16.0. The summed E-state index contributed by atoms with van der Waals surface area (Å²) < 4.78 is 5.24. The number of benzene rings is 1. The number of thiazole rings is 1. The van der Waals surface area contributed by atoms with Crippen LogP contribution in [0.15, 0.2) is 35.8 Å². The van der Waals surface area contributed by atoms with Crippen molar-refractivity contribution in [1.82, 2.24) is 14.8 Å². The van der Waals surface area contributed by atoms with Crippen LogP contribution in [-0.4, -0.2) is 47.4 Å². The third-order valence-corrected chi connectivity index (χ3v) is 5.02. The maximum Gasteiger partial charge on any atom is 0.219 e. The summed E-state index contributed by atoms with van der Waals surface area (Å²) in [7, 11) is 1.67. The number of ether oxygens (including phenoxy) is 1. The number of rotatable bonds is 4. The monoisotopic (exact) mass is 331 g/mol. The van der Waals surface area contributed by atoms with E-state index in [9.17, 15) is 4.79 Å². The van der Waals surface area contributed by atoms with Crippen molar-refractivity contribution in [2.45, 2.75) is 19.5 Å². The van der Waals surface area contributed by atoms with Crippen LogP contribution < -0.4 is 4.74 Å². The maximum atomic E-state index is 11.8. The average molecular weight is 331 g/mol. The van der Waals surface area contributed by atoms with E-state index in [0.29, 0.717) is 6.54 Å². The minimum atomic E-state index is 0.136. The lowest BCUT2D eigenvalue weighted by atomic mass is 10.0. The van der Waals surface area contributed by atoms with E-state index in [1.807, 2.05) is 28.6 Å². The number of carbonyl (C=O) groups is 1. The van der Waals surface area contributed by atoms with Crippen LogP contribution in [0.5, 0.6) is 5.75 Å². The Morgan fingerprint density at radius 3 is 2.74 bits per heavy atom. The molecule has 5 nitrogen and oxygen atoms in total. The average Bonchev–Trinajstić information content (AvgIpc) is 3.08. The Labute approximate surface area is 140 Å². The van der Waals surface area contributed by atoms with E-state index in [1.165, 1.54) is 5.56 Å². The van der Waals surface area contributed by atoms with Gasteiger partial charge in [0.2, 0.25) is 5.91 Å². The highest BCUT2D eigenvalue weighted by atomic mass is 32.1. The number of hydrogen-bond acceptors (Lipinski definition) is 5. The lowest BCUT2D eigenvalue weighted by Gasteiger charge is -2.41. The number of carbonyl (C=O) groups excluding carboxylic acids is 1. The third-order valence-electron chi connectivity index (χ3n) is 4.26. The van der Waals surface area contributed by atoms with Gasteiger partial charge in [0, 0.05) is 38.1 Å². The number of nitrogens with zero attached hydrogens (tertiary/aromatic N) is 3. The van der Waals surface area contributed by atoms with Crippen LogP contribution in [0.4, 0.5) is 0 Å². The second-order valence-electron chi connectivity index (χ2n) is 5.65. The van der Waals surface area contributed by atoms with Gasteiger partial charge in [0.25, 0.3) is 0 Å². The number of hydrogen-bond donors (Lipinski definition) is 0. The SMILES string of the molecule is COc1ccc(C2CN(C(C)=O)CCN2Cc2nccs2)cc1. The van der Waals surface area contributed by atoms with Gasteiger partial charge in [-0.3, -0.25) is 9.69 Å². The molecule has 122 valence electrons. The van der Waals surface area contributed by atoms with Gasteiger partial charge in [-0.05, 0) is 17.7 Å². The van der Waals surface area contributed by atoms with E-state index in [0.717, 1.165) is 30.4 Å². The van der Waals surface area contributed by atoms with Gasteiger partial charge in [0.15, 0.2) is 0 Å². The van der Waals surface area contributed by atoms with E-state index in [4.69, 9.17) is 4.74 Å². The predicted octanol–water partition coefficient (Wildman–Crippen LogP) is 2.56. The Balaban J connectivity index is 1.82. The Morgan fingerprint density at radius 2 is 2.13 bits per heavy atom.